The lowest BCUT2D eigenvalue weighted by molar-refractivity contribution is -0.126. The van der Waals surface area contributed by atoms with Crippen molar-refractivity contribution in [2.75, 3.05) is 12.0 Å². The normalized spacial score (nSPS) is 18.8. The van der Waals surface area contributed by atoms with Gasteiger partial charge in [0.15, 0.2) is 0 Å². The van der Waals surface area contributed by atoms with Crippen LogP contribution >= 0.6 is 0 Å². The number of rotatable bonds is 3. The number of ether oxygens (including phenoxy) is 1. The molecule has 0 aliphatic carbocycles. The first-order valence-corrected chi connectivity index (χ1v) is 10.2. The number of hydrogen-bond acceptors (Lipinski definition) is 4. The highest BCUT2D eigenvalue weighted by molar-refractivity contribution is 5.96. The Morgan fingerprint density at radius 1 is 1.07 bits per heavy atom. The third-order valence-corrected chi connectivity index (χ3v) is 5.64. The zero-order chi connectivity index (χ0) is 21.5. The van der Waals surface area contributed by atoms with Crippen LogP contribution in [0.25, 0.3) is 0 Å². The number of nitrogens with zero attached hydrogens (tertiary/aromatic N) is 4. The van der Waals surface area contributed by atoms with E-state index in [4.69, 9.17) is 4.74 Å². The topological polar surface area (TPSA) is 60.2 Å². The molecule has 156 valence electrons. The second kappa shape index (κ2) is 7.59. The Morgan fingerprint density at radius 3 is 2.43 bits per heavy atom. The molecule has 2 heterocycles. The third kappa shape index (κ3) is 3.47. The van der Waals surface area contributed by atoms with E-state index in [2.05, 4.69) is 47.3 Å². The molecule has 1 amide bonds. The summed E-state index contributed by atoms with van der Waals surface area (Å²) in [5.74, 6) is 1.41. The summed E-state index contributed by atoms with van der Waals surface area (Å²) in [6, 6.07) is 16.1. The molecule has 1 aromatic heterocycles. The van der Waals surface area contributed by atoms with Crippen molar-refractivity contribution in [3.8, 4) is 5.75 Å². The highest BCUT2D eigenvalue weighted by atomic mass is 16.5. The number of hydrogen-bond donors (Lipinski definition) is 0. The number of anilines is 1. The van der Waals surface area contributed by atoms with Crippen molar-refractivity contribution >= 4 is 11.9 Å². The molecule has 1 aliphatic rings. The van der Waals surface area contributed by atoms with Crippen molar-refractivity contribution in [1.82, 2.24) is 14.8 Å². The lowest BCUT2D eigenvalue weighted by Crippen LogP contribution is -2.47. The van der Waals surface area contributed by atoms with Crippen LogP contribution < -0.4 is 9.64 Å². The molecule has 0 saturated carbocycles. The van der Waals surface area contributed by atoms with Crippen molar-refractivity contribution in [3.63, 3.8) is 0 Å². The van der Waals surface area contributed by atoms with E-state index >= 15 is 0 Å². The Labute approximate surface area is 177 Å². The van der Waals surface area contributed by atoms with E-state index in [-0.39, 0.29) is 18.0 Å². The molecule has 2 aromatic carbocycles. The number of fused-ring (bicyclic) bond motifs is 1. The lowest BCUT2D eigenvalue weighted by Gasteiger charge is -2.41. The molecule has 0 N–H and O–H groups in total. The summed E-state index contributed by atoms with van der Waals surface area (Å²) in [5, 5.41) is 4.50. The Kier molecular flexibility index (Phi) is 5.10. The Bertz CT molecular complexity index is 1050. The minimum absolute atomic E-state index is 0.0285. The van der Waals surface area contributed by atoms with Crippen molar-refractivity contribution < 1.29 is 9.53 Å². The molecule has 0 spiro atoms. The van der Waals surface area contributed by atoms with Crippen LogP contribution in [-0.2, 0) is 4.79 Å². The molecule has 0 bridgehead atoms. The van der Waals surface area contributed by atoms with Crippen molar-refractivity contribution in [3.05, 3.63) is 71.5 Å². The number of benzene rings is 2. The summed E-state index contributed by atoms with van der Waals surface area (Å²) in [6.45, 7) is 7.88. The zero-order valence-corrected chi connectivity index (χ0v) is 18.2. The van der Waals surface area contributed by atoms with Crippen LogP contribution in [0.1, 0.15) is 56.0 Å². The molecule has 0 saturated heterocycles. The number of carbonyl (C=O) groups excluding carboxylic acids is 1. The summed E-state index contributed by atoms with van der Waals surface area (Å²) in [5.41, 5.74) is 2.77. The molecule has 3 aromatic rings. The number of methoxy groups -OCH3 is 1. The fourth-order valence-corrected chi connectivity index (χ4v) is 4.06. The van der Waals surface area contributed by atoms with E-state index in [0.29, 0.717) is 12.4 Å². The number of amides is 1. The van der Waals surface area contributed by atoms with Crippen LogP contribution in [0.5, 0.6) is 5.75 Å². The van der Waals surface area contributed by atoms with Crippen molar-refractivity contribution in [2.24, 2.45) is 5.41 Å². The average molecular weight is 405 g/mol. The van der Waals surface area contributed by atoms with E-state index < -0.39 is 5.41 Å². The molecule has 30 heavy (non-hydrogen) atoms. The first-order valence-electron chi connectivity index (χ1n) is 10.2. The number of para-hydroxylation sites is 1. The van der Waals surface area contributed by atoms with Gasteiger partial charge in [-0.25, -0.2) is 4.68 Å². The molecule has 0 fully saturated rings. The highest BCUT2D eigenvalue weighted by Crippen LogP contribution is 2.45. The molecule has 6 heteroatoms. The van der Waals surface area contributed by atoms with Gasteiger partial charge < -0.3 is 4.74 Å². The van der Waals surface area contributed by atoms with Gasteiger partial charge >= 0.3 is 0 Å². The summed E-state index contributed by atoms with van der Waals surface area (Å²) in [6.07, 6.45) is 2.21. The summed E-state index contributed by atoms with van der Waals surface area (Å²) in [4.78, 5) is 19.9. The third-order valence-electron chi connectivity index (χ3n) is 5.64. The van der Waals surface area contributed by atoms with Gasteiger partial charge in [-0.3, -0.25) is 9.69 Å². The van der Waals surface area contributed by atoms with E-state index in [0.717, 1.165) is 16.9 Å². The van der Waals surface area contributed by atoms with E-state index in [1.54, 1.807) is 7.11 Å². The van der Waals surface area contributed by atoms with E-state index in [1.165, 1.54) is 11.9 Å². The van der Waals surface area contributed by atoms with Crippen LogP contribution in [0.15, 0.2) is 54.9 Å². The summed E-state index contributed by atoms with van der Waals surface area (Å²) in [7, 11) is 1.68. The summed E-state index contributed by atoms with van der Waals surface area (Å²) < 4.78 is 7.49. The molecule has 6 nitrogen and oxygen atoms in total. The molecular formula is C24H28N4O2. The van der Waals surface area contributed by atoms with Crippen LogP contribution in [0.3, 0.4) is 0 Å². The number of aryl methyl sites for hydroxylation is 1. The van der Waals surface area contributed by atoms with Gasteiger partial charge in [-0.2, -0.15) is 10.1 Å². The maximum atomic E-state index is 13.5. The van der Waals surface area contributed by atoms with Gasteiger partial charge in [0.25, 0.3) is 0 Å². The second-order valence-corrected chi connectivity index (χ2v) is 8.85. The maximum absolute atomic E-state index is 13.5. The van der Waals surface area contributed by atoms with Crippen LogP contribution in [-0.4, -0.2) is 27.8 Å². The van der Waals surface area contributed by atoms with Crippen LogP contribution in [0.4, 0.5) is 5.95 Å². The SMILES string of the molecule is COc1ccccc1[C@@H]1C[C@H](c2ccc(C)cc2)N(C(=O)C(C)(C)C)c2ncnn21. The van der Waals surface area contributed by atoms with Crippen LogP contribution in [0, 0.1) is 12.3 Å². The Hall–Kier alpha value is -3.15. The molecule has 0 radical (unpaired) electrons. The fraction of sp³-hybridized carbons (Fsp3) is 0.375. The second-order valence-electron chi connectivity index (χ2n) is 8.85. The first kappa shape index (κ1) is 20.1. The van der Waals surface area contributed by atoms with Gasteiger partial charge in [-0.05, 0) is 25.0 Å². The first-order chi connectivity index (χ1) is 14.3. The summed E-state index contributed by atoms with van der Waals surface area (Å²) >= 11 is 0. The fourth-order valence-electron chi connectivity index (χ4n) is 4.06. The van der Waals surface area contributed by atoms with Gasteiger partial charge in [-0.15, -0.1) is 0 Å². The minimum Gasteiger partial charge on any atom is -0.496 e. The van der Waals surface area contributed by atoms with Gasteiger partial charge in [0.05, 0.1) is 19.2 Å². The predicted molar refractivity (Wildman–Crippen MR) is 117 cm³/mol. The smallest absolute Gasteiger partial charge is 0.235 e. The molecule has 1 aliphatic heterocycles. The quantitative estimate of drug-likeness (QED) is 0.634. The zero-order valence-electron chi connectivity index (χ0n) is 18.2. The lowest BCUT2D eigenvalue weighted by atomic mass is 9.88. The van der Waals surface area contributed by atoms with Gasteiger partial charge in [0.1, 0.15) is 12.1 Å². The van der Waals surface area contributed by atoms with Gasteiger partial charge in [0.2, 0.25) is 11.9 Å². The molecule has 4 rings (SSSR count). The number of carbonyl (C=O) groups is 1. The molecule has 0 unspecified atom stereocenters. The van der Waals surface area contributed by atoms with Crippen molar-refractivity contribution in [1.29, 1.82) is 0 Å². The van der Waals surface area contributed by atoms with Gasteiger partial charge in [0, 0.05) is 11.0 Å². The van der Waals surface area contributed by atoms with Crippen LogP contribution in [0.2, 0.25) is 0 Å². The molecular weight excluding hydrogens is 376 g/mol. The van der Waals surface area contributed by atoms with Gasteiger partial charge in [-0.1, -0.05) is 68.8 Å². The predicted octanol–water partition coefficient (Wildman–Crippen LogP) is 4.71. The van der Waals surface area contributed by atoms with Crippen molar-refractivity contribution in [2.45, 2.75) is 46.2 Å². The average Bonchev–Trinajstić information content (AvgIpc) is 3.22. The Balaban J connectivity index is 1.89. The monoisotopic (exact) mass is 404 g/mol. The standard InChI is InChI=1S/C24H28N4O2/c1-16-10-12-17(13-11-16)19-14-20(18-8-6-7-9-21(18)30-5)28-23(25-15-26-28)27(19)22(29)24(2,3)4/h6-13,15,19-20H,14H2,1-5H3/t19-,20+/m1/s1. The Morgan fingerprint density at radius 2 is 1.77 bits per heavy atom. The van der Waals surface area contributed by atoms with E-state index in [9.17, 15) is 4.79 Å². The maximum Gasteiger partial charge on any atom is 0.235 e. The number of aromatic nitrogens is 3. The highest BCUT2D eigenvalue weighted by Gasteiger charge is 2.43. The molecule has 2 atom stereocenters. The van der Waals surface area contributed by atoms with E-state index in [1.807, 2.05) is 48.6 Å². The minimum atomic E-state index is -0.545. The largest absolute Gasteiger partial charge is 0.496 e.